The molecule has 0 fully saturated rings. The first-order valence-corrected chi connectivity index (χ1v) is 10.1. The smallest absolute Gasteiger partial charge is 0.418 e. The van der Waals surface area contributed by atoms with E-state index in [1.165, 1.54) is 6.92 Å². The highest BCUT2D eigenvalue weighted by Gasteiger charge is 2.18. The molecule has 31 heavy (non-hydrogen) atoms. The highest BCUT2D eigenvalue weighted by Crippen LogP contribution is 2.25. The van der Waals surface area contributed by atoms with Gasteiger partial charge in [-0.15, -0.1) is 0 Å². The molecule has 158 valence electrons. The van der Waals surface area contributed by atoms with Gasteiger partial charge in [-0.05, 0) is 55.3 Å². The zero-order chi connectivity index (χ0) is 21.9. The Morgan fingerprint density at radius 2 is 1.52 bits per heavy atom. The molecule has 0 spiro atoms. The number of benzene rings is 3. The van der Waals surface area contributed by atoms with Gasteiger partial charge in [-0.25, -0.2) is 9.69 Å². The molecule has 0 saturated heterocycles. The molecular weight excluding hydrogens is 390 g/mol. The fourth-order valence-electron chi connectivity index (χ4n) is 2.91. The summed E-state index contributed by atoms with van der Waals surface area (Å²) in [6, 6.07) is 26.3. The molecule has 3 aromatic carbocycles. The van der Waals surface area contributed by atoms with Crippen LogP contribution >= 0.6 is 0 Å². The van der Waals surface area contributed by atoms with Gasteiger partial charge in [0.2, 0.25) is 0 Å². The molecule has 0 aliphatic heterocycles. The number of para-hydroxylation sites is 2. The second-order valence-corrected chi connectivity index (χ2v) is 6.88. The van der Waals surface area contributed by atoms with Gasteiger partial charge >= 0.3 is 6.09 Å². The lowest BCUT2D eigenvalue weighted by Gasteiger charge is -2.22. The molecular formula is C26H25NO4. The fourth-order valence-corrected chi connectivity index (χ4v) is 2.91. The summed E-state index contributed by atoms with van der Waals surface area (Å²) in [5.41, 5.74) is 2.44. The summed E-state index contributed by atoms with van der Waals surface area (Å²) in [4.78, 5) is 25.4. The summed E-state index contributed by atoms with van der Waals surface area (Å²) in [5.74, 6) is 0.618. The lowest BCUT2D eigenvalue weighted by Crippen LogP contribution is -2.27. The van der Waals surface area contributed by atoms with Gasteiger partial charge in [-0.3, -0.25) is 4.79 Å². The molecule has 0 bridgehead atoms. The Balaban J connectivity index is 1.56. The van der Waals surface area contributed by atoms with E-state index in [1.54, 1.807) is 4.90 Å². The van der Waals surface area contributed by atoms with E-state index in [-0.39, 0.29) is 19.0 Å². The molecule has 3 aromatic rings. The maximum atomic E-state index is 12.8. The van der Waals surface area contributed by atoms with Gasteiger partial charge in [0.05, 0.1) is 18.0 Å². The van der Waals surface area contributed by atoms with Crippen LogP contribution in [-0.4, -0.2) is 25.1 Å². The fraction of sp³-hybridized carbons (Fsp3) is 0.154. The van der Waals surface area contributed by atoms with Crippen LogP contribution in [-0.2, 0) is 9.53 Å². The van der Waals surface area contributed by atoms with Crippen molar-refractivity contribution in [2.45, 2.75) is 13.3 Å². The maximum Gasteiger partial charge on any atom is 0.418 e. The van der Waals surface area contributed by atoms with E-state index in [2.05, 4.69) is 0 Å². The normalized spacial score (nSPS) is 10.6. The molecule has 1 amide bonds. The number of rotatable bonds is 9. The highest BCUT2D eigenvalue weighted by molar-refractivity contribution is 5.95. The Bertz CT molecular complexity index is 976. The van der Waals surface area contributed by atoms with E-state index in [9.17, 15) is 9.59 Å². The molecule has 0 saturated carbocycles. The Labute approximate surface area is 182 Å². The summed E-state index contributed by atoms with van der Waals surface area (Å²) < 4.78 is 10.9. The third-order valence-corrected chi connectivity index (χ3v) is 4.33. The minimum absolute atomic E-state index is 0.0252. The number of carbonyl (C=O) groups excluding carboxylic acids is 2. The van der Waals surface area contributed by atoms with E-state index >= 15 is 0 Å². The van der Waals surface area contributed by atoms with Crippen molar-refractivity contribution in [2.24, 2.45) is 0 Å². The SMILES string of the molecule is CC(=O)COc1cccc(/C=C\CCOC(=O)N(c2ccccc2)c2ccccc2)c1. The lowest BCUT2D eigenvalue weighted by molar-refractivity contribution is -0.118. The second kappa shape index (κ2) is 11.4. The molecule has 5 nitrogen and oxygen atoms in total. The Hall–Kier alpha value is -3.86. The highest BCUT2D eigenvalue weighted by atomic mass is 16.6. The summed E-state index contributed by atoms with van der Waals surface area (Å²) in [6.45, 7) is 1.80. The minimum atomic E-state index is -0.426. The van der Waals surface area contributed by atoms with Crippen molar-refractivity contribution in [1.82, 2.24) is 0 Å². The predicted molar refractivity (Wildman–Crippen MR) is 123 cm³/mol. The van der Waals surface area contributed by atoms with Crippen LogP contribution in [0.1, 0.15) is 18.9 Å². The van der Waals surface area contributed by atoms with Gasteiger partial charge in [0.25, 0.3) is 0 Å². The number of carbonyl (C=O) groups is 2. The van der Waals surface area contributed by atoms with Crippen molar-refractivity contribution in [3.8, 4) is 5.75 Å². The second-order valence-electron chi connectivity index (χ2n) is 6.88. The molecule has 0 aliphatic rings. The number of ether oxygens (including phenoxy) is 2. The largest absolute Gasteiger partial charge is 0.486 e. The summed E-state index contributed by atoms with van der Waals surface area (Å²) in [5, 5.41) is 0. The zero-order valence-corrected chi connectivity index (χ0v) is 17.4. The van der Waals surface area contributed by atoms with Crippen LogP contribution in [0.4, 0.5) is 16.2 Å². The van der Waals surface area contributed by atoms with Crippen LogP contribution in [0.15, 0.2) is 91.0 Å². The average Bonchev–Trinajstić information content (AvgIpc) is 2.79. The van der Waals surface area contributed by atoms with E-state index < -0.39 is 6.09 Å². The first-order chi connectivity index (χ1) is 15.1. The van der Waals surface area contributed by atoms with Gasteiger partial charge < -0.3 is 9.47 Å². The maximum absolute atomic E-state index is 12.8. The molecule has 0 heterocycles. The van der Waals surface area contributed by atoms with Crippen molar-refractivity contribution in [2.75, 3.05) is 18.1 Å². The standard InChI is InChI=1S/C26H25NO4/c1-21(28)20-31-25-17-10-12-22(19-25)11-8-9-18-30-26(29)27(23-13-4-2-5-14-23)24-15-6-3-7-16-24/h2-8,10-17,19H,9,18,20H2,1H3/b11-8-. The van der Waals surface area contributed by atoms with E-state index in [0.717, 1.165) is 16.9 Å². The van der Waals surface area contributed by atoms with E-state index in [4.69, 9.17) is 9.47 Å². The number of hydrogen-bond donors (Lipinski definition) is 0. The van der Waals surface area contributed by atoms with Crippen LogP contribution in [0, 0.1) is 0 Å². The Kier molecular flexibility index (Phi) is 8.00. The van der Waals surface area contributed by atoms with Gasteiger partial charge in [0, 0.05) is 0 Å². The quantitative estimate of drug-likeness (QED) is 0.400. The minimum Gasteiger partial charge on any atom is -0.486 e. The monoisotopic (exact) mass is 415 g/mol. The van der Waals surface area contributed by atoms with Gasteiger partial charge in [-0.1, -0.05) is 60.7 Å². The van der Waals surface area contributed by atoms with Crippen LogP contribution in [0.25, 0.3) is 6.08 Å². The van der Waals surface area contributed by atoms with Crippen LogP contribution in [0.3, 0.4) is 0 Å². The third kappa shape index (κ3) is 6.85. The molecule has 0 atom stereocenters. The third-order valence-electron chi connectivity index (χ3n) is 4.33. The molecule has 0 aliphatic carbocycles. The number of Topliss-reactive ketones (excluding diaryl/α,β-unsaturated/α-hetero) is 1. The molecule has 0 aromatic heterocycles. The molecule has 0 unspecified atom stereocenters. The number of ketones is 1. The van der Waals surface area contributed by atoms with Crippen molar-refractivity contribution in [1.29, 1.82) is 0 Å². The summed E-state index contributed by atoms with van der Waals surface area (Å²) >= 11 is 0. The predicted octanol–water partition coefficient (Wildman–Crippen LogP) is 6.03. The van der Waals surface area contributed by atoms with Gasteiger partial charge in [-0.2, -0.15) is 0 Å². The molecule has 5 heteroatoms. The van der Waals surface area contributed by atoms with Crippen molar-refractivity contribution < 1.29 is 19.1 Å². The first-order valence-electron chi connectivity index (χ1n) is 10.1. The van der Waals surface area contributed by atoms with E-state index in [1.807, 2.05) is 97.1 Å². The lowest BCUT2D eigenvalue weighted by atomic mass is 10.2. The van der Waals surface area contributed by atoms with Crippen LogP contribution < -0.4 is 9.64 Å². The Morgan fingerprint density at radius 1 is 0.871 bits per heavy atom. The van der Waals surface area contributed by atoms with E-state index in [0.29, 0.717) is 12.2 Å². The average molecular weight is 415 g/mol. The van der Waals surface area contributed by atoms with Crippen molar-refractivity contribution >= 4 is 29.3 Å². The zero-order valence-electron chi connectivity index (χ0n) is 17.4. The number of hydrogen-bond acceptors (Lipinski definition) is 4. The van der Waals surface area contributed by atoms with Crippen molar-refractivity contribution in [3.63, 3.8) is 0 Å². The van der Waals surface area contributed by atoms with Crippen LogP contribution in [0.5, 0.6) is 5.75 Å². The van der Waals surface area contributed by atoms with Crippen LogP contribution in [0.2, 0.25) is 0 Å². The molecule has 0 radical (unpaired) electrons. The molecule has 0 N–H and O–H groups in total. The summed E-state index contributed by atoms with van der Waals surface area (Å²) in [7, 11) is 0. The number of anilines is 2. The molecule has 3 rings (SSSR count). The topological polar surface area (TPSA) is 55.8 Å². The Morgan fingerprint density at radius 3 is 2.13 bits per heavy atom. The first kappa shape index (κ1) is 21.8. The van der Waals surface area contributed by atoms with Crippen molar-refractivity contribution in [3.05, 3.63) is 96.6 Å². The van der Waals surface area contributed by atoms with Gasteiger partial charge in [0.15, 0.2) is 5.78 Å². The number of amides is 1. The summed E-state index contributed by atoms with van der Waals surface area (Å²) in [6.07, 6.45) is 4.01. The number of nitrogens with zero attached hydrogens (tertiary/aromatic N) is 1. The van der Waals surface area contributed by atoms with Gasteiger partial charge in [0.1, 0.15) is 12.4 Å².